The number of alkyl halides is 3. The lowest BCUT2D eigenvalue weighted by Gasteiger charge is -2.12. The van der Waals surface area contributed by atoms with Crippen molar-refractivity contribution in [1.82, 2.24) is 4.57 Å². The highest BCUT2D eigenvalue weighted by Crippen LogP contribution is 2.30. The molecule has 174 valence electrons. The molecule has 4 rings (SSSR count). The summed E-state index contributed by atoms with van der Waals surface area (Å²) < 4.78 is 53.5. The van der Waals surface area contributed by atoms with Crippen LogP contribution in [-0.4, -0.2) is 16.4 Å². The lowest BCUT2D eigenvalue weighted by molar-refractivity contribution is -0.137. The summed E-state index contributed by atoms with van der Waals surface area (Å²) in [7, 11) is 0. The summed E-state index contributed by atoms with van der Waals surface area (Å²) in [4.78, 5) is 24.5. The Kier molecular flexibility index (Phi) is 6.10. The summed E-state index contributed by atoms with van der Waals surface area (Å²) in [5, 5.41) is 5.98. The van der Waals surface area contributed by atoms with Gasteiger partial charge < -0.3 is 15.2 Å². The average molecular weight is 469 g/mol. The van der Waals surface area contributed by atoms with Gasteiger partial charge in [-0.05, 0) is 66.2 Å². The minimum atomic E-state index is -4.48. The van der Waals surface area contributed by atoms with E-state index in [2.05, 4.69) is 10.6 Å². The molecule has 0 atom stereocenters. The molecule has 0 aliphatic rings. The van der Waals surface area contributed by atoms with Crippen molar-refractivity contribution in [3.63, 3.8) is 0 Å². The fraction of sp³-hybridized carbons (Fsp3) is 0.120. The molecule has 2 N–H and O–H groups in total. The van der Waals surface area contributed by atoms with E-state index in [0.717, 1.165) is 17.7 Å². The Morgan fingerprint density at radius 3 is 2.12 bits per heavy atom. The maximum atomic E-state index is 13.3. The van der Waals surface area contributed by atoms with Gasteiger partial charge in [-0.15, -0.1) is 0 Å². The molecule has 4 aromatic rings. The van der Waals surface area contributed by atoms with Crippen LogP contribution in [0.5, 0.6) is 0 Å². The van der Waals surface area contributed by atoms with E-state index in [1.807, 2.05) is 0 Å². The quantitative estimate of drug-likeness (QED) is 0.349. The third kappa shape index (κ3) is 5.09. The zero-order valence-corrected chi connectivity index (χ0v) is 17.9. The second-order valence-corrected chi connectivity index (χ2v) is 7.73. The van der Waals surface area contributed by atoms with Crippen LogP contribution in [0.2, 0.25) is 0 Å². The molecule has 0 saturated carbocycles. The number of benzene rings is 3. The topological polar surface area (TPSA) is 63.1 Å². The summed E-state index contributed by atoms with van der Waals surface area (Å²) in [6.45, 7) is 1.63. The summed E-state index contributed by atoms with van der Waals surface area (Å²) >= 11 is 0. The Labute approximate surface area is 192 Å². The molecule has 2 amide bonds. The van der Waals surface area contributed by atoms with Gasteiger partial charge in [-0.1, -0.05) is 12.1 Å². The number of anilines is 2. The predicted octanol–water partition coefficient (Wildman–Crippen LogP) is 6.06. The van der Waals surface area contributed by atoms with E-state index < -0.39 is 17.6 Å². The Balaban J connectivity index is 1.70. The summed E-state index contributed by atoms with van der Waals surface area (Å²) in [6, 6.07) is 16.8. The number of carbonyl (C=O) groups is 2. The van der Waals surface area contributed by atoms with E-state index in [0.29, 0.717) is 16.6 Å². The maximum absolute atomic E-state index is 13.3. The Morgan fingerprint density at radius 1 is 0.853 bits per heavy atom. The highest BCUT2D eigenvalue weighted by Gasteiger charge is 2.30. The van der Waals surface area contributed by atoms with Crippen molar-refractivity contribution in [2.75, 3.05) is 10.6 Å². The fourth-order valence-electron chi connectivity index (χ4n) is 3.62. The van der Waals surface area contributed by atoms with Gasteiger partial charge in [-0.3, -0.25) is 9.59 Å². The van der Waals surface area contributed by atoms with Gasteiger partial charge in [0.15, 0.2) is 0 Å². The first-order valence-corrected chi connectivity index (χ1v) is 10.2. The van der Waals surface area contributed by atoms with Crippen molar-refractivity contribution < 1.29 is 27.2 Å². The molecule has 0 radical (unpaired) electrons. The van der Waals surface area contributed by atoms with E-state index in [4.69, 9.17) is 0 Å². The molecular formula is C25H19F4N3O2. The summed E-state index contributed by atoms with van der Waals surface area (Å²) in [5.41, 5.74) is 1.62. The zero-order chi connectivity index (χ0) is 24.5. The maximum Gasteiger partial charge on any atom is 0.416 e. The largest absolute Gasteiger partial charge is 0.416 e. The number of rotatable bonds is 5. The van der Waals surface area contributed by atoms with Crippen LogP contribution < -0.4 is 10.6 Å². The van der Waals surface area contributed by atoms with Crippen molar-refractivity contribution in [3.05, 3.63) is 95.4 Å². The molecular weight excluding hydrogens is 450 g/mol. The third-order valence-corrected chi connectivity index (χ3v) is 5.18. The van der Waals surface area contributed by atoms with Gasteiger partial charge >= 0.3 is 6.18 Å². The van der Waals surface area contributed by atoms with E-state index >= 15 is 0 Å². The Hall–Kier alpha value is -4.14. The molecule has 0 spiro atoms. The van der Waals surface area contributed by atoms with Crippen molar-refractivity contribution in [2.45, 2.75) is 19.6 Å². The van der Waals surface area contributed by atoms with E-state index in [-0.39, 0.29) is 29.7 Å². The predicted molar refractivity (Wildman–Crippen MR) is 121 cm³/mol. The number of amides is 2. The lowest BCUT2D eigenvalue weighted by Crippen LogP contribution is -2.17. The normalized spacial score (nSPS) is 11.4. The van der Waals surface area contributed by atoms with Crippen LogP contribution in [-0.2, 0) is 17.5 Å². The standard InChI is InChI=1S/C25H19F4N3O2/c1-15(33)30-21-10-11-22-17(12-21)13-23(32(22)14-16-2-6-19(26)7-3-16)24(34)31-20-8-4-18(5-9-20)25(27,28)29/h2-13H,14H2,1H3,(H,30,33)(H,31,34). The van der Waals surface area contributed by atoms with E-state index in [9.17, 15) is 27.2 Å². The average Bonchev–Trinajstić information content (AvgIpc) is 3.12. The molecule has 9 heteroatoms. The molecule has 0 saturated heterocycles. The first-order chi connectivity index (χ1) is 16.1. The number of aromatic nitrogens is 1. The molecule has 0 aliphatic heterocycles. The molecule has 0 aliphatic carbocycles. The molecule has 5 nitrogen and oxygen atoms in total. The minimum Gasteiger partial charge on any atom is -0.332 e. The Bertz CT molecular complexity index is 1360. The fourth-order valence-corrected chi connectivity index (χ4v) is 3.62. The molecule has 0 unspecified atom stereocenters. The second-order valence-electron chi connectivity index (χ2n) is 7.73. The van der Waals surface area contributed by atoms with E-state index in [1.165, 1.54) is 31.2 Å². The number of nitrogens with zero attached hydrogens (tertiary/aromatic N) is 1. The number of hydrogen-bond donors (Lipinski definition) is 2. The van der Waals surface area contributed by atoms with Crippen molar-refractivity contribution >= 4 is 34.1 Å². The molecule has 1 aromatic heterocycles. The highest BCUT2D eigenvalue weighted by molar-refractivity contribution is 6.07. The van der Waals surface area contributed by atoms with Crippen LogP contribution in [0.1, 0.15) is 28.5 Å². The van der Waals surface area contributed by atoms with Crippen LogP contribution >= 0.6 is 0 Å². The van der Waals surface area contributed by atoms with Crippen molar-refractivity contribution in [1.29, 1.82) is 0 Å². The van der Waals surface area contributed by atoms with Gasteiger partial charge in [0.1, 0.15) is 11.5 Å². The van der Waals surface area contributed by atoms with Crippen LogP contribution in [0.15, 0.2) is 72.8 Å². The second kappa shape index (κ2) is 9.01. The minimum absolute atomic E-state index is 0.204. The van der Waals surface area contributed by atoms with Gasteiger partial charge in [-0.25, -0.2) is 4.39 Å². The number of carbonyl (C=O) groups excluding carboxylic acids is 2. The van der Waals surface area contributed by atoms with Gasteiger partial charge in [0.2, 0.25) is 5.91 Å². The first kappa shape index (κ1) is 23.0. The molecule has 3 aromatic carbocycles. The lowest BCUT2D eigenvalue weighted by atomic mass is 10.2. The SMILES string of the molecule is CC(=O)Nc1ccc2c(c1)cc(C(=O)Nc1ccc(C(F)(F)F)cc1)n2Cc1ccc(F)cc1. The van der Waals surface area contributed by atoms with Crippen LogP contribution in [0, 0.1) is 5.82 Å². The van der Waals surface area contributed by atoms with E-state index in [1.54, 1.807) is 41.0 Å². The number of nitrogens with one attached hydrogen (secondary N) is 2. The highest BCUT2D eigenvalue weighted by atomic mass is 19.4. The van der Waals surface area contributed by atoms with Gasteiger partial charge in [-0.2, -0.15) is 13.2 Å². The summed E-state index contributed by atoms with van der Waals surface area (Å²) in [5.74, 6) is -1.16. The zero-order valence-electron chi connectivity index (χ0n) is 17.9. The third-order valence-electron chi connectivity index (χ3n) is 5.18. The molecule has 0 bridgehead atoms. The number of halogens is 4. The van der Waals surface area contributed by atoms with Gasteiger partial charge in [0.05, 0.1) is 5.56 Å². The van der Waals surface area contributed by atoms with Crippen LogP contribution in [0.4, 0.5) is 28.9 Å². The first-order valence-electron chi connectivity index (χ1n) is 10.2. The molecule has 0 fully saturated rings. The van der Waals surface area contributed by atoms with Crippen LogP contribution in [0.25, 0.3) is 10.9 Å². The van der Waals surface area contributed by atoms with Gasteiger partial charge in [0, 0.05) is 35.7 Å². The Morgan fingerprint density at radius 2 is 1.50 bits per heavy atom. The number of fused-ring (bicyclic) bond motifs is 1. The summed E-state index contributed by atoms with van der Waals surface area (Å²) in [6.07, 6.45) is -4.48. The van der Waals surface area contributed by atoms with Gasteiger partial charge in [0.25, 0.3) is 5.91 Å². The smallest absolute Gasteiger partial charge is 0.332 e. The number of hydrogen-bond acceptors (Lipinski definition) is 2. The van der Waals surface area contributed by atoms with Crippen LogP contribution in [0.3, 0.4) is 0 Å². The van der Waals surface area contributed by atoms with Crippen molar-refractivity contribution in [2.24, 2.45) is 0 Å². The van der Waals surface area contributed by atoms with Crippen molar-refractivity contribution in [3.8, 4) is 0 Å². The molecule has 1 heterocycles. The molecule has 34 heavy (non-hydrogen) atoms. The monoisotopic (exact) mass is 469 g/mol.